The highest BCUT2D eigenvalue weighted by molar-refractivity contribution is 8.10. The molecule has 4 aromatic rings. The summed E-state index contributed by atoms with van der Waals surface area (Å²) in [5, 5.41) is 11.2. The average Bonchev–Trinajstić information content (AvgIpc) is 2.92. The molecule has 1 N–H and O–H groups in total. The molecule has 2 unspecified atom stereocenters. The van der Waals surface area contributed by atoms with Crippen LogP contribution in [0.4, 0.5) is 4.39 Å². The Hall–Kier alpha value is -3.04. The topological polar surface area (TPSA) is 88.5 Å². The van der Waals surface area contributed by atoms with E-state index in [2.05, 4.69) is 0 Å². The van der Waals surface area contributed by atoms with Crippen LogP contribution in [0, 0.1) is 0 Å². The molecular formula is C28H24ClFO5S2. The molecule has 0 aliphatic heterocycles. The first kappa shape index (κ1) is 27.0. The maximum absolute atomic E-state index is 17.7. The summed E-state index contributed by atoms with van der Waals surface area (Å²) in [6, 6.07) is 27.2. The minimum absolute atomic E-state index is 0.0176. The molecule has 0 amide bonds. The van der Waals surface area contributed by atoms with Gasteiger partial charge in [-0.1, -0.05) is 90.5 Å². The Labute approximate surface area is 221 Å². The molecule has 0 bridgehead atoms. The predicted molar refractivity (Wildman–Crippen MR) is 141 cm³/mol. The molecule has 0 aliphatic rings. The van der Waals surface area contributed by atoms with Gasteiger partial charge in [0, 0.05) is 5.02 Å². The van der Waals surface area contributed by atoms with E-state index < -0.39 is 52.2 Å². The van der Waals surface area contributed by atoms with Crippen LogP contribution < -0.4 is 0 Å². The van der Waals surface area contributed by atoms with Gasteiger partial charge < -0.3 is 5.11 Å². The number of aliphatic hydroxyl groups excluding tert-OH is 1. The van der Waals surface area contributed by atoms with Gasteiger partial charge in [-0.15, -0.1) is 0 Å². The van der Waals surface area contributed by atoms with Crippen LogP contribution in [0.15, 0.2) is 125 Å². The second kappa shape index (κ2) is 10.8. The molecule has 192 valence electrons. The summed E-state index contributed by atoms with van der Waals surface area (Å²) >= 11 is 6.17. The van der Waals surface area contributed by atoms with E-state index in [9.17, 15) is 21.9 Å². The Balaban J connectivity index is 2.02. The Morgan fingerprint density at radius 2 is 1.11 bits per heavy atom. The number of alkyl halides is 1. The van der Waals surface area contributed by atoms with Crippen molar-refractivity contribution in [3.05, 3.63) is 131 Å². The number of aliphatic hydroxyl groups is 1. The molecule has 0 aromatic heterocycles. The van der Waals surface area contributed by atoms with Crippen molar-refractivity contribution in [3.63, 3.8) is 0 Å². The first-order valence-electron chi connectivity index (χ1n) is 11.4. The lowest BCUT2D eigenvalue weighted by molar-refractivity contribution is 0.140. The summed E-state index contributed by atoms with van der Waals surface area (Å²) in [6.45, 7) is 0. The van der Waals surface area contributed by atoms with Crippen molar-refractivity contribution in [3.8, 4) is 0 Å². The lowest BCUT2D eigenvalue weighted by Gasteiger charge is -2.34. The summed E-state index contributed by atoms with van der Waals surface area (Å²) in [6.07, 6.45) is -1.93. The summed E-state index contributed by atoms with van der Waals surface area (Å²) in [4.78, 5) is -1.00. The maximum atomic E-state index is 17.7. The van der Waals surface area contributed by atoms with E-state index in [4.69, 9.17) is 11.6 Å². The van der Waals surface area contributed by atoms with Gasteiger partial charge in [0.1, 0.15) is 0 Å². The molecule has 0 saturated heterocycles. The Morgan fingerprint density at radius 3 is 1.57 bits per heavy atom. The van der Waals surface area contributed by atoms with Crippen LogP contribution in [0.2, 0.25) is 5.02 Å². The van der Waals surface area contributed by atoms with Crippen molar-refractivity contribution < 1.29 is 26.3 Å². The number of benzene rings is 4. The Kier molecular flexibility index (Phi) is 7.85. The van der Waals surface area contributed by atoms with E-state index >= 15 is 4.39 Å². The number of sulfone groups is 2. The van der Waals surface area contributed by atoms with Crippen molar-refractivity contribution >= 4 is 31.3 Å². The Morgan fingerprint density at radius 1 is 0.676 bits per heavy atom. The zero-order valence-corrected chi connectivity index (χ0v) is 21.9. The Bertz CT molecular complexity index is 1490. The predicted octanol–water partition coefficient (Wildman–Crippen LogP) is 6.12. The molecule has 4 rings (SSSR count). The second-order valence-electron chi connectivity index (χ2n) is 8.49. The molecule has 0 radical (unpaired) electrons. The molecular weight excluding hydrogens is 535 g/mol. The summed E-state index contributed by atoms with van der Waals surface area (Å²) in [7, 11) is -10.4. The largest absolute Gasteiger partial charge is 0.388 e. The summed E-state index contributed by atoms with van der Waals surface area (Å²) in [5.41, 5.74) is 0.398. The highest BCUT2D eigenvalue weighted by atomic mass is 35.5. The van der Waals surface area contributed by atoms with Crippen molar-refractivity contribution in [2.75, 3.05) is 0 Å². The van der Waals surface area contributed by atoms with Crippen LogP contribution in [-0.2, 0) is 19.7 Å². The van der Waals surface area contributed by atoms with Crippen LogP contribution in [0.3, 0.4) is 0 Å². The van der Waals surface area contributed by atoms with E-state index in [0.717, 1.165) is 24.3 Å². The van der Waals surface area contributed by atoms with Gasteiger partial charge in [0.25, 0.3) is 0 Å². The van der Waals surface area contributed by atoms with Crippen molar-refractivity contribution in [1.82, 2.24) is 0 Å². The number of hydrogen-bond acceptors (Lipinski definition) is 5. The molecule has 0 saturated carbocycles. The van der Waals surface area contributed by atoms with E-state index in [0.29, 0.717) is 5.56 Å². The van der Waals surface area contributed by atoms with Crippen LogP contribution in [-0.4, -0.2) is 26.3 Å². The quantitative estimate of drug-likeness (QED) is 0.267. The number of hydrogen-bond donors (Lipinski definition) is 1. The molecule has 5 nitrogen and oxygen atoms in total. The van der Waals surface area contributed by atoms with Gasteiger partial charge in [-0.2, -0.15) is 0 Å². The second-order valence-corrected chi connectivity index (χ2v) is 13.3. The van der Waals surface area contributed by atoms with Crippen LogP contribution in [0.5, 0.6) is 0 Å². The van der Waals surface area contributed by atoms with Crippen molar-refractivity contribution in [2.24, 2.45) is 0 Å². The smallest absolute Gasteiger partial charge is 0.324 e. The number of rotatable bonds is 9. The van der Waals surface area contributed by atoms with Gasteiger partial charge in [-0.25, -0.2) is 21.2 Å². The fraction of sp³-hybridized carbons (Fsp3) is 0.143. The highest BCUT2D eigenvalue weighted by Crippen LogP contribution is 2.50. The molecule has 0 fully saturated rings. The first-order valence-corrected chi connectivity index (χ1v) is 14.7. The van der Waals surface area contributed by atoms with Crippen molar-refractivity contribution in [2.45, 2.75) is 32.6 Å². The van der Waals surface area contributed by atoms with Gasteiger partial charge in [-0.05, 0) is 53.9 Å². The average molecular weight is 559 g/mol. The number of halogens is 2. The normalized spacial score (nSPS) is 14.1. The third-order valence-corrected chi connectivity index (χ3v) is 11.5. The van der Waals surface area contributed by atoms with E-state index in [1.54, 1.807) is 30.3 Å². The molecule has 4 aromatic carbocycles. The lowest BCUT2D eigenvalue weighted by Crippen LogP contribution is -2.48. The lowest BCUT2D eigenvalue weighted by atomic mass is 9.91. The van der Waals surface area contributed by atoms with Gasteiger partial charge in [-0.3, -0.25) is 0 Å². The third kappa shape index (κ3) is 5.07. The van der Waals surface area contributed by atoms with Gasteiger partial charge in [0.2, 0.25) is 19.7 Å². The molecule has 0 heterocycles. The maximum Gasteiger partial charge on any atom is 0.324 e. The van der Waals surface area contributed by atoms with E-state index in [-0.39, 0.29) is 10.6 Å². The van der Waals surface area contributed by atoms with Gasteiger partial charge in [0.15, 0.2) is 0 Å². The zero-order chi connectivity index (χ0) is 26.7. The summed E-state index contributed by atoms with van der Waals surface area (Å²) in [5.74, 6) is -1.85. The van der Waals surface area contributed by atoms with Crippen LogP contribution in [0.1, 0.15) is 29.6 Å². The molecule has 37 heavy (non-hydrogen) atoms. The molecule has 9 heteroatoms. The van der Waals surface area contributed by atoms with Gasteiger partial charge in [0.05, 0.1) is 21.8 Å². The minimum atomic E-state index is -5.20. The standard InChI is InChI=1S/C28H24ClFO5S2/c29-23-14-10-13-22(19-23)26(20-27(31)21-11-4-1-5-12-21)28(30,36(32,33)24-15-6-2-7-16-24)37(34,35)25-17-8-3-9-18-25/h1-19,26-27,31H,20H2. The van der Waals surface area contributed by atoms with E-state index in [1.165, 1.54) is 60.7 Å². The summed E-state index contributed by atoms with van der Waals surface area (Å²) < 4.78 is 69.9. The zero-order valence-electron chi connectivity index (χ0n) is 19.5. The first-order chi connectivity index (χ1) is 17.6. The van der Waals surface area contributed by atoms with Gasteiger partial charge >= 0.3 is 4.33 Å². The van der Waals surface area contributed by atoms with E-state index in [1.807, 2.05) is 0 Å². The highest BCUT2D eigenvalue weighted by Gasteiger charge is 2.63. The molecule has 0 spiro atoms. The van der Waals surface area contributed by atoms with Crippen LogP contribution in [0.25, 0.3) is 0 Å². The molecule has 2 atom stereocenters. The SMILES string of the molecule is O=S(=O)(c1ccccc1)C(F)(C(CC(O)c1ccccc1)c1cccc(Cl)c1)S(=O)(=O)c1ccccc1. The minimum Gasteiger partial charge on any atom is -0.388 e. The monoisotopic (exact) mass is 558 g/mol. The third-order valence-electron chi connectivity index (χ3n) is 6.15. The fourth-order valence-electron chi connectivity index (χ4n) is 4.27. The molecule has 0 aliphatic carbocycles. The van der Waals surface area contributed by atoms with Crippen LogP contribution >= 0.6 is 11.6 Å². The fourth-order valence-corrected chi connectivity index (χ4v) is 9.09. The van der Waals surface area contributed by atoms with Crippen molar-refractivity contribution in [1.29, 1.82) is 0 Å².